The number of anilines is 2. The number of hydrogen-bond donors (Lipinski definition) is 2. The number of hydrogen-bond acceptors (Lipinski definition) is 5. The van der Waals surface area contributed by atoms with Gasteiger partial charge in [0.2, 0.25) is 0 Å². The van der Waals surface area contributed by atoms with E-state index >= 15 is 0 Å². The van der Waals surface area contributed by atoms with Gasteiger partial charge in [-0.05, 0) is 31.1 Å². The standard InChI is InChI=1S/C13H20N4OS/c1-17(2)13-16-11(14)10(19-13)12(18)15-9-6-7-3-4-8(9)5-7/h7-9H,3-6,14H2,1-2H3,(H,15,18). The Balaban J connectivity index is 1.70. The highest BCUT2D eigenvalue weighted by Crippen LogP contribution is 2.44. The molecule has 2 bridgehead atoms. The molecule has 1 aromatic heterocycles. The molecular weight excluding hydrogens is 260 g/mol. The van der Waals surface area contributed by atoms with Gasteiger partial charge in [-0.25, -0.2) is 4.98 Å². The van der Waals surface area contributed by atoms with Crippen LogP contribution in [-0.2, 0) is 0 Å². The summed E-state index contributed by atoms with van der Waals surface area (Å²) in [5.41, 5.74) is 5.84. The predicted octanol–water partition coefficient (Wildman–Crippen LogP) is 1.71. The van der Waals surface area contributed by atoms with Gasteiger partial charge in [-0.15, -0.1) is 0 Å². The van der Waals surface area contributed by atoms with Crippen LogP contribution in [-0.4, -0.2) is 31.0 Å². The molecule has 3 rings (SSSR count). The molecule has 0 radical (unpaired) electrons. The normalized spacial score (nSPS) is 28.6. The molecule has 2 fully saturated rings. The number of nitrogens with two attached hydrogens (primary N) is 1. The van der Waals surface area contributed by atoms with Gasteiger partial charge in [0.25, 0.3) is 5.91 Å². The summed E-state index contributed by atoms with van der Waals surface area (Å²) in [5, 5.41) is 3.93. The molecule has 3 atom stereocenters. The molecule has 2 aliphatic carbocycles. The van der Waals surface area contributed by atoms with Crippen LogP contribution in [0.1, 0.15) is 35.4 Å². The lowest BCUT2D eigenvalue weighted by Crippen LogP contribution is -2.38. The summed E-state index contributed by atoms with van der Waals surface area (Å²) < 4.78 is 0. The first-order valence-electron chi connectivity index (χ1n) is 6.79. The maximum atomic E-state index is 12.3. The molecule has 1 aromatic rings. The Labute approximate surface area is 117 Å². The van der Waals surface area contributed by atoms with Crippen molar-refractivity contribution in [1.29, 1.82) is 0 Å². The Morgan fingerprint density at radius 2 is 2.21 bits per heavy atom. The molecule has 3 N–H and O–H groups in total. The number of carbonyl (C=O) groups excluding carboxylic acids is 1. The van der Waals surface area contributed by atoms with E-state index in [0.29, 0.717) is 22.7 Å². The van der Waals surface area contributed by atoms with E-state index in [9.17, 15) is 4.79 Å². The van der Waals surface area contributed by atoms with E-state index in [-0.39, 0.29) is 5.91 Å². The summed E-state index contributed by atoms with van der Waals surface area (Å²) in [6, 6.07) is 0.343. The largest absolute Gasteiger partial charge is 0.382 e. The van der Waals surface area contributed by atoms with Gasteiger partial charge in [-0.3, -0.25) is 4.79 Å². The van der Waals surface area contributed by atoms with Gasteiger partial charge < -0.3 is 16.0 Å². The first-order valence-corrected chi connectivity index (χ1v) is 7.60. The van der Waals surface area contributed by atoms with Gasteiger partial charge >= 0.3 is 0 Å². The predicted molar refractivity (Wildman–Crippen MR) is 77.6 cm³/mol. The molecule has 6 heteroatoms. The second kappa shape index (κ2) is 4.67. The Morgan fingerprint density at radius 3 is 2.74 bits per heavy atom. The molecule has 2 aliphatic rings. The van der Waals surface area contributed by atoms with Gasteiger partial charge in [0.15, 0.2) is 5.13 Å². The summed E-state index contributed by atoms with van der Waals surface area (Å²) in [7, 11) is 3.80. The zero-order valence-corrected chi connectivity index (χ0v) is 12.2. The number of fused-ring (bicyclic) bond motifs is 2. The zero-order chi connectivity index (χ0) is 13.6. The van der Waals surface area contributed by atoms with Crippen LogP contribution >= 0.6 is 11.3 Å². The van der Waals surface area contributed by atoms with Crippen molar-refractivity contribution in [2.45, 2.75) is 31.7 Å². The van der Waals surface area contributed by atoms with E-state index in [2.05, 4.69) is 10.3 Å². The van der Waals surface area contributed by atoms with Crippen molar-refractivity contribution < 1.29 is 4.79 Å². The lowest BCUT2D eigenvalue weighted by Gasteiger charge is -2.22. The fraction of sp³-hybridized carbons (Fsp3) is 0.692. The highest BCUT2D eigenvalue weighted by molar-refractivity contribution is 7.18. The summed E-state index contributed by atoms with van der Waals surface area (Å²) >= 11 is 1.36. The first kappa shape index (κ1) is 12.7. The second-order valence-corrected chi connectivity index (χ2v) is 6.84. The monoisotopic (exact) mass is 280 g/mol. The number of nitrogens with one attached hydrogen (secondary N) is 1. The molecule has 0 saturated heterocycles. The van der Waals surface area contributed by atoms with Crippen molar-refractivity contribution in [3.63, 3.8) is 0 Å². The highest BCUT2D eigenvalue weighted by atomic mass is 32.1. The SMILES string of the molecule is CN(C)c1nc(N)c(C(=O)NC2CC3CCC2C3)s1. The van der Waals surface area contributed by atoms with Gasteiger partial charge in [0.1, 0.15) is 10.7 Å². The van der Waals surface area contributed by atoms with Crippen LogP contribution in [0.4, 0.5) is 10.9 Å². The van der Waals surface area contributed by atoms with Crippen molar-refractivity contribution in [2.75, 3.05) is 24.7 Å². The topological polar surface area (TPSA) is 71.2 Å². The third kappa shape index (κ3) is 2.29. The molecule has 0 aliphatic heterocycles. The molecule has 1 heterocycles. The van der Waals surface area contributed by atoms with Crippen molar-refractivity contribution in [1.82, 2.24) is 10.3 Å². The van der Waals surface area contributed by atoms with Gasteiger partial charge in [0, 0.05) is 20.1 Å². The molecule has 0 aromatic carbocycles. The van der Waals surface area contributed by atoms with Crippen LogP contribution in [0.3, 0.4) is 0 Å². The molecule has 0 spiro atoms. The average Bonchev–Trinajstić information content (AvgIpc) is 3.02. The molecular formula is C13H20N4OS. The van der Waals surface area contributed by atoms with E-state index in [1.165, 1.54) is 30.6 Å². The van der Waals surface area contributed by atoms with Crippen LogP contribution in [0.5, 0.6) is 0 Å². The smallest absolute Gasteiger partial charge is 0.265 e. The quantitative estimate of drug-likeness (QED) is 0.884. The van der Waals surface area contributed by atoms with E-state index in [1.54, 1.807) is 0 Å². The summed E-state index contributed by atoms with van der Waals surface area (Å²) in [6.07, 6.45) is 5.02. The van der Waals surface area contributed by atoms with Crippen LogP contribution in [0.15, 0.2) is 0 Å². The Hall–Kier alpha value is -1.30. The maximum Gasteiger partial charge on any atom is 0.265 e. The van der Waals surface area contributed by atoms with Crippen LogP contribution in [0, 0.1) is 11.8 Å². The molecule has 5 nitrogen and oxygen atoms in total. The minimum Gasteiger partial charge on any atom is -0.382 e. The number of aromatic nitrogens is 1. The first-order chi connectivity index (χ1) is 9.04. The molecule has 2 saturated carbocycles. The Kier molecular flexibility index (Phi) is 3.12. The minimum atomic E-state index is -0.0550. The van der Waals surface area contributed by atoms with Crippen LogP contribution in [0.25, 0.3) is 0 Å². The fourth-order valence-corrected chi connectivity index (χ4v) is 4.14. The zero-order valence-electron chi connectivity index (χ0n) is 11.3. The third-order valence-electron chi connectivity index (χ3n) is 4.29. The highest BCUT2D eigenvalue weighted by Gasteiger charge is 2.40. The molecule has 3 unspecified atom stereocenters. The minimum absolute atomic E-state index is 0.0550. The van der Waals surface area contributed by atoms with Crippen molar-refractivity contribution in [3.05, 3.63) is 4.88 Å². The van der Waals surface area contributed by atoms with E-state index in [1.807, 2.05) is 19.0 Å². The Morgan fingerprint density at radius 1 is 1.42 bits per heavy atom. The van der Waals surface area contributed by atoms with Gasteiger partial charge in [-0.2, -0.15) is 0 Å². The second-order valence-electron chi connectivity index (χ2n) is 5.86. The maximum absolute atomic E-state index is 12.3. The average molecular weight is 280 g/mol. The van der Waals surface area contributed by atoms with E-state index < -0.39 is 0 Å². The summed E-state index contributed by atoms with van der Waals surface area (Å²) in [5.74, 6) is 1.79. The lowest BCUT2D eigenvalue weighted by atomic mass is 9.95. The fourth-order valence-electron chi connectivity index (χ4n) is 3.33. The van der Waals surface area contributed by atoms with Crippen molar-refractivity contribution in [2.24, 2.45) is 11.8 Å². The van der Waals surface area contributed by atoms with Crippen molar-refractivity contribution in [3.8, 4) is 0 Å². The number of rotatable bonds is 3. The van der Waals surface area contributed by atoms with Crippen molar-refractivity contribution >= 4 is 28.2 Å². The summed E-state index contributed by atoms with van der Waals surface area (Å²) in [4.78, 5) is 18.9. The van der Waals surface area contributed by atoms with Gasteiger partial charge in [0.05, 0.1) is 0 Å². The summed E-state index contributed by atoms with van der Waals surface area (Å²) in [6.45, 7) is 0. The van der Waals surface area contributed by atoms with Gasteiger partial charge in [-0.1, -0.05) is 17.8 Å². The number of carbonyl (C=O) groups is 1. The van der Waals surface area contributed by atoms with Crippen LogP contribution in [0.2, 0.25) is 0 Å². The molecule has 1 amide bonds. The van der Waals surface area contributed by atoms with Crippen LogP contribution < -0.4 is 16.0 Å². The third-order valence-corrected chi connectivity index (χ3v) is 5.52. The molecule has 104 valence electrons. The van der Waals surface area contributed by atoms with E-state index in [0.717, 1.165) is 17.5 Å². The Bertz CT molecular complexity index is 499. The number of nitrogen functional groups attached to an aromatic ring is 1. The number of nitrogens with zero attached hydrogens (tertiary/aromatic N) is 2. The lowest BCUT2D eigenvalue weighted by molar-refractivity contribution is 0.0928. The number of thiazole rings is 1. The van der Waals surface area contributed by atoms with E-state index in [4.69, 9.17) is 5.73 Å². The molecule has 19 heavy (non-hydrogen) atoms. The number of amides is 1.